The van der Waals surface area contributed by atoms with E-state index in [1.807, 2.05) is 24.3 Å². The third-order valence-electron chi connectivity index (χ3n) is 1.67. The third-order valence-corrected chi connectivity index (χ3v) is 1.67. The van der Waals surface area contributed by atoms with E-state index >= 15 is 0 Å². The normalized spacial score (nSPS) is 8.83. The molecule has 0 unspecified atom stereocenters. The molecule has 0 N–H and O–H groups in total. The molecular formula is C12H13. The minimum Gasteiger partial charge on any atom is -0.121 e. The molecule has 1 rings (SSSR count). The van der Waals surface area contributed by atoms with Crippen molar-refractivity contribution in [1.29, 1.82) is 0 Å². The lowest BCUT2D eigenvalue weighted by molar-refractivity contribution is 1.16. The summed E-state index contributed by atoms with van der Waals surface area (Å²) in [6.07, 6.45) is 2.93. The molecule has 0 saturated carbocycles. The number of benzene rings is 1. The number of hydrogen-bond acceptors (Lipinski definition) is 0. The molecule has 0 nitrogen and oxygen atoms in total. The van der Waals surface area contributed by atoms with Crippen LogP contribution in [0.15, 0.2) is 41.6 Å². The maximum absolute atomic E-state index is 3.85. The van der Waals surface area contributed by atoms with E-state index in [4.69, 9.17) is 0 Å². The van der Waals surface area contributed by atoms with E-state index < -0.39 is 0 Å². The number of rotatable bonds is 2. The second-order valence-corrected chi connectivity index (χ2v) is 2.66. The second kappa shape index (κ2) is 4.58. The fraction of sp³-hybridized carbons (Fsp3) is 0.167. The molecule has 1 radical (unpaired) electrons. The van der Waals surface area contributed by atoms with E-state index in [0.717, 1.165) is 12.0 Å². The molecule has 0 bridgehead atoms. The van der Waals surface area contributed by atoms with Gasteiger partial charge in [-0.1, -0.05) is 37.3 Å². The van der Waals surface area contributed by atoms with Crippen molar-refractivity contribution in [1.82, 2.24) is 0 Å². The first kappa shape index (κ1) is 8.83. The van der Waals surface area contributed by atoms with Crippen molar-refractivity contribution in [2.45, 2.75) is 13.3 Å². The van der Waals surface area contributed by atoms with Gasteiger partial charge in [0.1, 0.15) is 0 Å². The van der Waals surface area contributed by atoms with Gasteiger partial charge in [-0.25, -0.2) is 0 Å². The van der Waals surface area contributed by atoms with Gasteiger partial charge in [-0.3, -0.25) is 0 Å². The van der Waals surface area contributed by atoms with Gasteiger partial charge in [0.2, 0.25) is 0 Å². The van der Waals surface area contributed by atoms with E-state index in [1.165, 1.54) is 5.56 Å². The topological polar surface area (TPSA) is 0 Å². The van der Waals surface area contributed by atoms with E-state index in [1.54, 1.807) is 0 Å². The molecule has 0 saturated heterocycles. The van der Waals surface area contributed by atoms with Crippen molar-refractivity contribution in [3.8, 4) is 0 Å². The van der Waals surface area contributed by atoms with Crippen molar-refractivity contribution in [2.24, 2.45) is 0 Å². The third kappa shape index (κ3) is 2.77. The summed E-state index contributed by atoms with van der Waals surface area (Å²) in [4.78, 5) is 0. The average molecular weight is 157 g/mol. The quantitative estimate of drug-likeness (QED) is 0.577. The minimum atomic E-state index is 0.962. The standard InChI is InChI=1S/C12H13/c1-3-11(2)9-10-12-7-5-4-6-8-12/h4-8,10H,2-3H2,1H3. The summed E-state index contributed by atoms with van der Waals surface area (Å²) in [5, 5.41) is 0. The molecule has 0 aromatic heterocycles. The predicted molar refractivity (Wildman–Crippen MR) is 53.6 cm³/mol. The molecule has 1 aromatic rings. The molecule has 0 amide bonds. The van der Waals surface area contributed by atoms with Crippen LogP contribution in [0.2, 0.25) is 0 Å². The minimum absolute atomic E-state index is 0.962. The second-order valence-electron chi connectivity index (χ2n) is 2.66. The summed E-state index contributed by atoms with van der Waals surface area (Å²) in [6.45, 7) is 5.92. The molecule has 0 spiro atoms. The highest BCUT2D eigenvalue weighted by Gasteiger charge is 1.81. The van der Waals surface area contributed by atoms with Crippen LogP contribution < -0.4 is 0 Å². The Bertz CT molecular complexity index is 287. The Kier molecular flexibility index (Phi) is 3.37. The van der Waals surface area contributed by atoms with Crippen LogP contribution in [0.5, 0.6) is 0 Å². The highest BCUT2D eigenvalue weighted by molar-refractivity contribution is 5.48. The zero-order valence-electron chi connectivity index (χ0n) is 7.38. The Labute approximate surface area is 74.2 Å². The smallest absolute Gasteiger partial charge is 0.0128 e. The number of hydrogen-bond donors (Lipinski definition) is 0. The van der Waals surface area contributed by atoms with Gasteiger partial charge >= 0.3 is 0 Å². The van der Waals surface area contributed by atoms with Gasteiger partial charge in [-0.2, -0.15) is 0 Å². The van der Waals surface area contributed by atoms with Crippen molar-refractivity contribution >= 4 is 6.08 Å². The Morgan fingerprint density at radius 3 is 2.67 bits per heavy atom. The summed E-state index contributed by atoms with van der Waals surface area (Å²) < 4.78 is 0. The highest BCUT2D eigenvalue weighted by Crippen LogP contribution is 2.01. The largest absolute Gasteiger partial charge is 0.121 e. The molecule has 12 heavy (non-hydrogen) atoms. The molecular weight excluding hydrogens is 144 g/mol. The molecule has 0 aliphatic carbocycles. The van der Waals surface area contributed by atoms with E-state index in [-0.39, 0.29) is 0 Å². The lowest BCUT2D eigenvalue weighted by Gasteiger charge is -1.88. The van der Waals surface area contributed by atoms with Crippen molar-refractivity contribution in [3.05, 3.63) is 54.1 Å². The molecule has 61 valence electrons. The summed E-state index contributed by atoms with van der Waals surface area (Å²) in [6, 6.07) is 10.1. The van der Waals surface area contributed by atoms with Crippen LogP contribution in [0.4, 0.5) is 0 Å². The zero-order chi connectivity index (χ0) is 8.81. The van der Waals surface area contributed by atoms with Crippen LogP contribution in [0.3, 0.4) is 0 Å². The first-order valence-corrected chi connectivity index (χ1v) is 4.15. The fourth-order valence-electron chi connectivity index (χ4n) is 0.837. The number of allylic oxidation sites excluding steroid dienone is 1. The van der Waals surface area contributed by atoms with E-state index in [0.29, 0.717) is 0 Å². The van der Waals surface area contributed by atoms with Gasteiger partial charge in [0.05, 0.1) is 0 Å². The van der Waals surface area contributed by atoms with Gasteiger partial charge in [-0.05, 0) is 30.6 Å². The first-order valence-electron chi connectivity index (χ1n) is 4.15. The molecule has 0 heterocycles. The zero-order valence-corrected chi connectivity index (χ0v) is 7.38. The van der Waals surface area contributed by atoms with Gasteiger partial charge in [0.25, 0.3) is 0 Å². The average Bonchev–Trinajstić information content (AvgIpc) is 2.16. The van der Waals surface area contributed by atoms with Gasteiger partial charge in [0, 0.05) is 0 Å². The summed E-state index contributed by atoms with van der Waals surface area (Å²) in [5.74, 6) is 0. The summed E-state index contributed by atoms with van der Waals surface area (Å²) >= 11 is 0. The maximum Gasteiger partial charge on any atom is -0.0128 e. The maximum atomic E-state index is 3.85. The van der Waals surface area contributed by atoms with Crippen LogP contribution >= 0.6 is 0 Å². The lowest BCUT2D eigenvalue weighted by atomic mass is 10.2. The Morgan fingerprint density at radius 2 is 2.08 bits per heavy atom. The Balaban J connectivity index is 2.83. The van der Waals surface area contributed by atoms with Crippen LogP contribution in [0.1, 0.15) is 18.9 Å². The Hall–Kier alpha value is -1.26. The van der Waals surface area contributed by atoms with Gasteiger partial charge in [0.15, 0.2) is 0 Å². The lowest BCUT2D eigenvalue weighted by Crippen LogP contribution is -1.68. The molecule has 0 aliphatic rings. The van der Waals surface area contributed by atoms with Gasteiger partial charge < -0.3 is 0 Å². The van der Waals surface area contributed by atoms with E-state index in [2.05, 4.69) is 31.7 Å². The van der Waals surface area contributed by atoms with Crippen LogP contribution in [0.25, 0.3) is 6.08 Å². The molecule has 0 aliphatic heterocycles. The summed E-state index contributed by atoms with van der Waals surface area (Å²) in [7, 11) is 0. The molecule has 1 aromatic carbocycles. The SMILES string of the molecule is [CH2]C(=C=Cc1ccccc1)CC. The van der Waals surface area contributed by atoms with Crippen LogP contribution in [0, 0.1) is 6.92 Å². The fourth-order valence-corrected chi connectivity index (χ4v) is 0.837. The molecule has 0 heteroatoms. The van der Waals surface area contributed by atoms with Crippen molar-refractivity contribution in [3.63, 3.8) is 0 Å². The molecule has 0 atom stereocenters. The highest BCUT2D eigenvalue weighted by atomic mass is 13.9. The Morgan fingerprint density at radius 1 is 1.42 bits per heavy atom. The summed E-state index contributed by atoms with van der Waals surface area (Å²) in [5.41, 5.74) is 5.34. The van der Waals surface area contributed by atoms with Crippen molar-refractivity contribution in [2.75, 3.05) is 0 Å². The predicted octanol–water partition coefficient (Wildman–Crippen LogP) is 3.47. The van der Waals surface area contributed by atoms with Crippen LogP contribution in [-0.2, 0) is 0 Å². The monoisotopic (exact) mass is 157 g/mol. The van der Waals surface area contributed by atoms with E-state index in [9.17, 15) is 0 Å². The van der Waals surface area contributed by atoms with Gasteiger partial charge in [-0.15, -0.1) is 5.73 Å². The van der Waals surface area contributed by atoms with Crippen LogP contribution in [-0.4, -0.2) is 0 Å². The first-order chi connectivity index (χ1) is 5.83. The molecule has 0 fully saturated rings. The van der Waals surface area contributed by atoms with Crippen molar-refractivity contribution < 1.29 is 0 Å².